The van der Waals surface area contributed by atoms with E-state index in [1.807, 2.05) is 6.07 Å². The van der Waals surface area contributed by atoms with Crippen molar-refractivity contribution in [3.8, 4) is 5.75 Å². The maximum atomic E-state index is 5.26. The molecule has 2 N–H and O–H groups in total. The number of piperazine rings is 1. The molecule has 0 aromatic heterocycles. The number of nitrogens with one attached hydrogen (secondary N) is 2. The van der Waals surface area contributed by atoms with Crippen LogP contribution >= 0.6 is 0 Å². The summed E-state index contributed by atoms with van der Waals surface area (Å²) in [5, 5.41) is 9.49. The quantitative estimate of drug-likeness (QED) is 0.880. The predicted octanol–water partition coefficient (Wildman–Crippen LogP) is 1.95. The van der Waals surface area contributed by atoms with Crippen molar-refractivity contribution in [2.24, 2.45) is 0 Å². The summed E-state index contributed by atoms with van der Waals surface area (Å²) in [7, 11) is 1.71. The minimum atomic E-state index is 0.546. The van der Waals surface area contributed by atoms with Crippen LogP contribution in [0.15, 0.2) is 36.4 Å². The van der Waals surface area contributed by atoms with Gasteiger partial charge in [-0.15, -0.1) is 0 Å². The molecule has 1 heterocycles. The monoisotopic (exact) mass is 256 g/mol. The Hall–Kier alpha value is -1.58. The maximum Gasteiger partial charge on any atom is 0.119 e. The Labute approximate surface area is 114 Å². The van der Waals surface area contributed by atoms with Crippen molar-refractivity contribution in [2.45, 2.75) is 12.5 Å². The second kappa shape index (κ2) is 5.59. The first kappa shape index (κ1) is 12.5. The summed E-state index contributed by atoms with van der Waals surface area (Å²) in [4.78, 5) is 0. The molecule has 2 aromatic rings. The Morgan fingerprint density at radius 1 is 1.11 bits per heavy atom. The molecule has 1 aliphatic rings. The van der Waals surface area contributed by atoms with Crippen molar-refractivity contribution in [1.82, 2.24) is 10.6 Å². The van der Waals surface area contributed by atoms with E-state index in [0.717, 1.165) is 31.8 Å². The van der Waals surface area contributed by atoms with E-state index in [-0.39, 0.29) is 0 Å². The molecule has 0 amide bonds. The number of methoxy groups -OCH3 is 1. The molecule has 3 nitrogen and oxygen atoms in total. The van der Waals surface area contributed by atoms with Crippen LogP contribution < -0.4 is 15.4 Å². The van der Waals surface area contributed by atoms with Crippen LogP contribution in [0.4, 0.5) is 0 Å². The number of rotatable bonds is 3. The summed E-state index contributed by atoms with van der Waals surface area (Å²) in [5.74, 6) is 0.915. The zero-order valence-electron chi connectivity index (χ0n) is 11.3. The Morgan fingerprint density at radius 3 is 2.74 bits per heavy atom. The zero-order chi connectivity index (χ0) is 13.1. The Kier molecular flexibility index (Phi) is 3.67. The zero-order valence-corrected chi connectivity index (χ0v) is 11.3. The average molecular weight is 256 g/mol. The summed E-state index contributed by atoms with van der Waals surface area (Å²) in [5.41, 5.74) is 1.39. The van der Waals surface area contributed by atoms with Crippen molar-refractivity contribution in [3.05, 3.63) is 42.0 Å². The molecule has 3 heteroatoms. The molecule has 0 saturated carbocycles. The van der Waals surface area contributed by atoms with E-state index in [9.17, 15) is 0 Å². The summed E-state index contributed by atoms with van der Waals surface area (Å²) in [6, 6.07) is 13.5. The molecule has 19 heavy (non-hydrogen) atoms. The fourth-order valence-electron chi connectivity index (χ4n) is 2.67. The lowest BCUT2D eigenvalue weighted by Crippen LogP contribution is -2.49. The van der Waals surface area contributed by atoms with Gasteiger partial charge in [0.25, 0.3) is 0 Å². The topological polar surface area (TPSA) is 33.3 Å². The fraction of sp³-hybridized carbons (Fsp3) is 0.375. The third-order valence-electron chi connectivity index (χ3n) is 3.72. The van der Waals surface area contributed by atoms with E-state index in [1.165, 1.54) is 16.3 Å². The Balaban J connectivity index is 1.80. The van der Waals surface area contributed by atoms with Gasteiger partial charge in [0.2, 0.25) is 0 Å². The van der Waals surface area contributed by atoms with Crippen LogP contribution in [0.25, 0.3) is 10.8 Å². The van der Waals surface area contributed by atoms with Crippen LogP contribution in [0.2, 0.25) is 0 Å². The maximum absolute atomic E-state index is 5.26. The van der Waals surface area contributed by atoms with Gasteiger partial charge in [0.1, 0.15) is 5.75 Å². The number of hydrogen-bond donors (Lipinski definition) is 2. The van der Waals surface area contributed by atoms with Gasteiger partial charge in [-0.25, -0.2) is 0 Å². The summed E-state index contributed by atoms with van der Waals surface area (Å²) in [6.45, 7) is 3.20. The molecule has 1 saturated heterocycles. The fourth-order valence-corrected chi connectivity index (χ4v) is 2.67. The predicted molar refractivity (Wildman–Crippen MR) is 78.9 cm³/mol. The third-order valence-corrected chi connectivity index (χ3v) is 3.72. The van der Waals surface area contributed by atoms with Gasteiger partial charge >= 0.3 is 0 Å². The van der Waals surface area contributed by atoms with Crippen LogP contribution in [0.5, 0.6) is 5.75 Å². The summed E-state index contributed by atoms with van der Waals surface area (Å²) < 4.78 is 5.26. The minimum absolute atomic E-state index is 0.546. The van der Waals surface area contributed by atoms with Gasteiger partial charge in [0.15, 0.2) is 0 Å². The smallest absolute Gasteiger partial charge is 0.119 e. The van der Waals surface area contributed by atoms with Crippen molar-refractivity contribution in [3.63, 3.8) is 0 Å². The van der Waals surface area contributed by atoms with Crippen molar-refractivity contribution >= 4 is 10.8 Å². The molecule has 1 aliphatic heterocycles. The van der Waals surface area contributed by atoms with Gasteiger partial charge in [-0.05, 0) is 34.9 Å². The number of ether oxygens (including phenoxy) is 1. The highest BCUT2D eigenvalue weighted by molar-refractivity contribution is 5.84. The van der Waals surface area contributed by atoms with Crippen molar-refractivity contribution in [2.75, 3.05) is 26.7 Å². The molecule has 0 radical (unpaired) electrons. The van der Waals surface area contributed by atoms with Crippen LogP contribution in [0.3, 0.4) is 0 Å². The van der Waals surface area contributed by atoms with Crippen LogP contribution in [0, 0.1) is 0 Å². The van der Waals surface area contributed by atoms with Gasteiger partial charge in [-0.2, -0.15) is 0 Å². The standard InChI is InChI=1S/C16H20N2O/c1-19-16-5-4-13-8-12(2-3-14(13)10-16)9-15-11-17-6-7-18-15/h2-5,8,10,15,17-18H,6-7,9,11H2,1H3. The van der Waals surface area contributed by atoms with E-state index >= 15 is 0 Å². The Bertz CT molecular complexity index is 562. The molecule has 0 aliphatic carbocycles. The number of hydrogen-bond acceptors (Lipinski definition) is 3. The normalized spacial score (nSPS) is 19.5. The molecule has 1 atom stereocenters. The molecule has 3 rings (SSSR count). The lowest BCUT2D eigenvalue weighted by molar-refractivity contribution is 0.415. The van der Waals surface area contributed by atoms with Gasteiger partial charge in [0, 0.05) is 25.7 Å². The minimum Gasteiger partial charge on any atom is -0.497 e. The average Bonchev–Trinajstić information content (AvgIpc) is 2.48. The second-order valence-corrected chi connectivity index (χ2v) is 5.11. The van der Waals surface area contributed by atoms with Gasteiger partial charge in [0.05, 0.1) is 7.11 Å². The molecular weight excluding hydrogens is 236 g/mol. The molecular formula is C16H20N2O. The Morgan fingerprint density at radius 2 is 1.95 bits per heavy atom. The van der Waals surface area contributed by atoms with Gasteiger partial charge < -0.3 is 15.4 Å². The van der Waals surface area contributed by atoms with Crippen LogP contribution in [-0.2, 0) is 6.42 Å². The van der Waals surface area contributed by atoms with Gasteiger partial charge in [-0.1, -0.05) is 24.3 Å². The molecule has 0 spiro atoms. The number of benzene rings is 2. The first-order chi connectivity index (χ1) is 9.35. The highest BCUT2D eigenvalue weighted by Gasteiger charge is 2.12. The van der Waals surface area contributed by atoms with E-state index in [2.05, 4.69) is 41.0 Å². The SMILES string of the molecule is COc1ccc2cc(CC3CNCCN3)ccc2c1. The largest absolute Gasteiger partial charge is 0.497 e. The highest BCUT2D eigenvalue weighted by atomic mass is 16.5. The molecule has 1 fully saturated rings. The van der Waals surface area contributed by atoms with E-state index in [0.29, 0.717) is 6.04 Å². The molecule has 0 bridgehead atoms. The van der Waals surface area contributed by atoms with Crippen LogP contribution in [-0.4, -0.2) is 32.8 Å². The van der Waals surface area contributed by atoms with Gasteiger partial charge in [-0.3, -0.25) is 0 Å². The van der Waals surface area contributed by atoms with Crippen molar-refractivity contribution in [1.29, 1.82) is 0 Å². The first-order valence-corrected chi connectivity index (χ1v) is 6.86. The van der Waals surface area contributed by atoms with Crippen molar-refractivity contribution < 1.29 is 4.74 Å². The van der Waals surface area contributed by atoms with E-state index in [1.54, 1.807) is 7.11 Å². The lowest BCUT2D eigenvalue weighted by Gasteiger charge is -2.24. The second-order valence-electron chi connectivity index (χ2n) is 5.11. The molecule has 100 valence electrons. The molecule has 1 unspecified atom stereocenters. The highest BCUT2D eigenvalue weighted by Crippen LogP contribution is 2.22. The van der Waals surface area contributed by atoms with E-state index < -0.39 is 0 Å². The first-order valence-electron chi connectivity index (χ1n) is 6.86. The summed E-state index contributed by atoms with van der Waals surface area (Å²) in [6.07, 6.45) is 1.08. The molecule has 2 aromatic carbocycles. The lowest BCUT2D eigenvalue weighted by atomic mass is 10.0. The third kappa shape index (κ3) is 2.88. The van der Waals surface area contributed by atoms with E-state index in [4.69, 9.17) is 4.74 Å². The van der Waals surface area contributed by atoms with Crippen LogP contribution in [0.1, 0.15) is 5.56 Å². The summed E-state index contributed by atoms with van der Waals surface area (Å²) >= 11 is 0. The number of fused-ring (bicyclic) bond motifs is 1.